The maximum atomic E-state index is 10.0. The van der Waals surface area contributed by atoms with Crippen molar-refractivity contribution in [2.75, 3.05) is 40.3 Å². The Labute approximate surface area is 100 Å². The highest BCUT2D eigenvalue weighted by Crippen LogP contribution is 2.18. The molecule has 1 atom stereocenters. The minimum Gasteiger partial charge on any atom is -0.389 e. The van der Waals surface area contributed by atoms with E-state index >= 15 is 0 Å². The van der Waals surface area contributed by atoms with E-state index in [1.165, 1.54) is 25.9 Å². The number of piperidine rings is 1. The largest absolute Gasteiger partial charge is 0.389 e. The number of nitrogens with zero attached hydrogens (tertiary/aromatic N) is 2. The lowest BCUT2D eigenvalue weighted by Gasteiger charge is -2.34. The molecule has 0 aromatic rings. The van der Waals surface area contributed by atoms with Gasteiger partial charge in [-0.2, -0.15) is 0 Å². The SMILES string of the molecule is CCC(C)(O)CN(C)CC1CCN(C)CC1. The van der Waals surface area contributed by atoms with Gasteiger partial charge in [0.25, 0.3) is 0 Å². The number of hydrogen-bond donors (Lipinski definition) is 1. The predicted octanol–water partition coefficient (Wildman–Crippen LogP) is 1.42. The van der Waals surface area contributed by atoms with Crippen LogP contribution in [0.1, 0.15) is 33.1 Å². The Morgan fingerprint density at radius 3 is 2.44 bits per heavy atom. The molecule has 0 aliphatic carbocycles. The molecule has 1 unspecified atom stereocenters. The van der Waals surface area contributed by atoms with Gasteiger partial charge in [0.15, 0.2) is 0 Å². The molecule has 1 heterocycles. The number of rotatable bonds is 5. The Morgan fingerprint density at radius 2 is 1.94 bits per heavy atom. The molecule has 0 aromatic carbocycles. The smallest absolute Gasteiger partial charge is 0.0743 e. The van der Waals surface area contributed by atoms with Gasteiger partial charge in [0.2, 0.25) is 0 Å². The maximum Gasteiger partial charge on any atom is 0.0743 e. The first-order valence-electron chi connectivity index (χ1n) is 6.52. The zero-order valence-electron chi connectivity index (χ0n) is 11.4. The van der Waals surface area contributed by atoms with Crippen molar-refractivity contribution in [2.24, 2.45) is 5.92 Å². The molecule has 1 fully saturated rings. The molecule has 1 rings (SSSR count). The van der Waals surface area contributed by atoms with E-state index in [1.54, 1.807) is 0 Å². The number of likely N-dealkylation sites (N-methyl/N-ethyl adjacent to an activating group) is 1. The van der Waals surface area contributed by atoms with E-state index in [4.69, 9.17) is 0 Å². The summed E-state index contributed by atoms with van der Waals surface area (Å²) >= 11 is 0. The summed E-state index contributed by atoms with van der Waals surface area (Å²) in [5.74, 6) is 0.814. The zero-order valence-corrected chi connectivity index (χ0v) is 11.4. The average Bonchev–Trinajstić information content (AvgIpc) is 2.21. The molecule has 96 valence electrons. The van der Waals surface area contributed by atoms with Crippen LogP contribution in [0.5, 0.6) is 0 Å². The fraction of sp³-hybridized carbons (Fsp3) is 1.00. The summed E-state index contributed by atoms with van der Waals surface area (Å²) in [6, 6.07) is 0. The van der Waals surface area contributed by atoms with E-state index in [2.05, 4.69) is 23.9 Å². The third-order valence-corrected chi connectivity index (χ3v) is 3.78. The van der Waals surface area contributed by atoms with E-state index in [1.807, 2.05) is 13.8 Å². The summed E-state index contributed by atoms with van der Waals surface area (Å²) in [4.78, 5) is 4.69. The fourth-order valence-corrected chi connectivity index (χ4v) is 2.44. The number of hydrogen-bond acceptors (Lipinski definition) is 3. The molecule has 1 N–H and O–H groups in total. The molecular formula is C13H28N2O. The number of aliphatic hydroxyl groups is 1. The van der Waals surface area contributed by atoms with Crippen LogP contribution < -0.4 is 0 Å². The van der Waals surface area contributed by atoms with Crippen LogP contribution in [0, 0.1) is 5.92 Å². The summed E-state index contributed by atoms with van der Waals surface area (Å²) in [6.07, 6.45) is 3.43. The van der Waals surface area contributed by atoms with E-state index in [9.17, 15) is 5.11 Å². The van der Waals surface area contributed by atoms with E-state index in [-0.39, 0.29) is 0 Å². The molecule has 1 saturated heterocycles. The van der Waals surface area contributed by atoms with Crippen LogP contribution in [-0.2, 0) is 0 Å². The molecule has 3 heteroatoms. The molecular weight excluding hydrogens is 200 g/mol. The van der Waals surface area contributed by atoms with E-state index in [0.29, 0.717) is 0 Å². The molecule has 3 nitrogen and oxygen atoms in total. The molecule has 0 radical (unpaired) electrons. The average molecular weight is 228 g/mol. The molecule has 0 spiro atoms. The Bertz CT molecular complexity index is 198. The lowest BCUT2D eigenvalue weighted by molar-refractivity contribution is 0.0173. The Kier molecular flexibility index (Phi) is 5.22. The van der Waals surface area contributed by atoms with Gasteiger partial charge in [-0.05, 0) is 59.3 Å². The van der Waals surface area contributed by atoms with Gasteiger partial charge >= 0.3 is 0 Å². The van der Waals surface area contributed by atoms with Crippen LogP contribution in [0.25, 0.3) is 0 Å². The Morgan fingerprint density at radius 1 is 1.38 bits per heavy atom. The van der Waals surface area contributed by atoms with Crippen LogP contribution >= 0.6 is 0 Å². The van der Waals surface area contributed by atoms with Crippen molar-refractivity contribution in [1.82, 2.24) is 9.80 Å². The minimum absolute atomic E-state index is 0.528. The van der Waals surface area contributed by atoms with Crippen molar-refractivity contribution < 1.29 is 5.11 Å². The highest BCUT2D eigenvalue weighted by atomic mass is 16.3. The van der Waals surface area contributed by atoms with Gasteiger partial charge in [0.1, 0.15) is 0 Å². The molecule has 0 amide bonds. The number of likely N-dealkylation sites (tertiary alicyclic amines) is 1. The molecule has 0 saturated carbocycles. The van der Waals surface area contributed by atoms with Crippen LogP contribution in [-0.4, -0.2) is 60.8 Å². The summed E-state index contributed by atoms with van der Waals surface area (Å²) in [5.41, 5.74) is -0.528. The molecule has 0 aromatic heterocycles. The first-order valence-corrected chi connectivity index (χ1v) is 6.52. The van der Waals surface area contributed by atoms with Gasteiger partial charge in [-0.25, -0.2) is 0 Å². The van der Waals surface area contributed by atoms with E-state index in [0.717, 1.165) is 25.4 Å². The van der Waals surface area contributed by atoms with Crippen LogP contribution in [0.4, 0.5) is 0 Å². The van der Waals surface area contributed by atoms with Gasteiger partial charge in [-0.15, -0.1) is 0 Å². The van der Waals surface area contributed by atoms with Crippen molar-refractivity contribution in [2.45, 2.75) is 38.7 Å². The summed E-state index contributed by atoms with van der Waals surface area (Å²) < 4.78 is 0. The summed E-state index contributed by atoms with van der Waals surface area (Å²) in [5, 5.41) is 10.0. The monoisotopic (exact) mass is 228 g/mol. The van der Waals surface area contributed by atoms with Crippen molar-refractivity contribution in [3.05, 3.63) is 0 Å². The third-order valence-electron chi connectivity index (χ3n) is 3.78. The topological polar surface area (TPSA) is 26.7 Å². The quantitative estimate of drug-likeness (QED) is 0.771. The lowest BCUT2D eigenvalue weighted by atomic mass is 9.95. The van der Waals surface area contributed by atoms with Crippen LogP contribution in [0.2, 0.25) is 0 Å². The van der Waals surface area contributed by atoms with Crippen LogP contribution in [0.15, 0.2) is 0 Å². The van der Waals surface area contributed by atoms with Gasteiger partial charge in [-0.1, -0.05) is 6.92 Å². The first kappa shape index (κ1) is 13.9. The zero-order chi connectivity index (χ0) is 12.2. The highest BCUT2D eigenvalue weighted by molar-refractivity contribution is 4.77. The highest BCUT2D eigenvalue weighted by Gasteiger charge is 2.23. The molecule has 1 aliphatic rings. The molecule has 16 heavy (non-hydrogen) atoms. The van der Waals surface area contributed by atoms with Crippen LogP contribution in [0.3, 0.4) is 0 Å². The normalized spacial score (nSPS) is 23.6. The van der Waals surface area contributed by atoms with Crippen molar-refractivity contribution in [1.29, 1.82) is 0 Å². The summed E-state index contributed by atoms with van der Waals surface area (Å²) in [7, 11) is 4.32. The van der Waals surface area contributed by atoms with E-state index < -0.39 is 5.60 Å². The Hall–Kier alpha value is -0.120. The minimum atomic E-state index is -0.528. The van der Waals surface area contributed by atoms with Gasteiger partial charge in [0, 0.05) is 13.1 Å². The van der Waals surface area contributed by atoms with Gasteiger partial charge < -0.3 is 14.9 Å². The second-order valence-electron chi connectivity index (χ2n) is 5.79. The second-order valence-corrected chi connectivity index (χ2v) is 5.79. The maximum absolute atomic E-state index is 10.0. The summed E-state index contributed by atoms with van der Waals surface area (Å²) in [6.45, 7) is 8.34. The van der Waals surface area contributed by atoms with Crippen molar-refractivity contribution in [3.63, 3.8) is 0 Å². The standard InChI is InChI=1S/C13H28N2O/c1-5-13(2,16)11-15(4)10-12-6-8-14(3)9-7-12/h12,16H,5-11H2,1-4H3. The first-order chi connectivity index (χ1) is 7.43. The third kappa shape index (κ3) is 4.81. The van der Waals surface area contributed by atoms with Crippen molar-refractivity contribution in [3.8, 4) is 0 Å². The fourth-order valence-electron chi connectivity index (χ4n) is 2.44. The van der Waals surface area contributed by atoms with Gasteiger partial charge in [0.05, 0.1) is 5.60 Å². The van der Waals surface area contributed by atoms with Gasteiger partial charge in [-0.3, -0.25) is 0 Å². The lowest BCUT2D eigenvalue weighted by Crippen LogP contribution is -2.42. The van der Waals surface area contributed by atoms with Crippen molar-refractivity contribution >= 4 is 0 Å². The molecule has 0 bridgehead atoms. The molecule has 1 aliphatic heterocycles. The second kappa shape index (κ2) is 5.99. The Balaban J connectivity index is 2.26. The predicted molar refractivity (Wildman–Crippen MR) is 68.6 cm³/mol.